The summed E-state index contributed by atoms with van der Waals surface area (Å²) in [7, 11) is 0. The van der Waals surface area contributed by atoms with Crippen LogP contribution in [0.2, 0.25) is 0 Å². The minimum absolute atomic E-state index is 0.0930. The molecule has 1 aromatic rings. The lowest BCUT2D eigenvalue weighted by molar-refractivity contribution is 0.0636. The molecule has 0 aliphatic carbocycles. The van der Waals surface area contributed by atoms with Crippen LogP contribution in [-0.4, -0.2) is 16.8 Å². The molecule has 0 heterocycles. The van der Waals surface area contributed by atoms with Gasteiger partial charge in [-0.15, -0.1) is 0 Å². The molecule has 4 nitrogen and oxygen atoms in total. The van der Waals surface area contributed by atoms with E-state index in [1.165, 1.54) is 12.1 Å². The standard InChI is InChI=1S/C12H15BrFNO3/c1-12(2,3)18-11(17)15-8-4-7(6-16)10(14)9(13)5-8/h4-5,16H,6H2,1-3H3,(H,15,17). The highest BCUT2D eigenvalue weighted by Crippen LogP contribution is 2.24. The third-order valence-corrected chi connectivity index (χ3v) is 2.50. The predicted molar refractivity (Wildman–Crippen MR) is 69.9 cm³/mol. The quantitative estimate of drug-likeness (QED) is 0.878. The number of carbonyl (C=O) groups excluding carboxylic acids is 1. The fourth-order valence-corrected chi connectivity index (χ4v) is 1.76. The van der Waals surface area contributed by atoms with Crippen LogP contribution in [0.4, 0.5) is 14.9 Å². The van der Waals surface area contributed by atoms with Crippen molar-refractivity contribution in [2.24, 2.45) is 0 Å². The average Bonchev–Trinajstić information content (AvgIpc) is 2.20. The molecule has 0 atom stereocenters. The Morgan fingerprint density at radius 2 is 2.11 bits per heavy atom. The molecule has 0 aliphatic rings. The molecule has 1 amide bonds. The summed E-state index contributed by atoms with van der Waals surface area (Å²) in [5.74, 6) is -0.549. The molecular weight excluding hydrogens is 305 g/mol. The van der Waals surface area contributed by atoms with Gasteiger partial charge in [0.25, 0.3) is 0 Å². The van der Waals surface area contributed by atoms with Crippen molar-refractivity contribution < 1.29 is 19.0 Å². The Kier molecular flexibility index (Phi) is 4.70. The molecule has 0 fully saturated rings. The first-order valence-electron chi connectivity index (χ1n) is 5.31. The van der Waals surface area contributed by atoms with Crippen LogP contribution < -0.4 is 5.32 Å². The van der Waals surface area contributed by atoms with Gasteiger partial charge >= 0.3 is 6.09 Å². The first kappa shape index (κ1) is 14.9. The van der Waals surface area contributed by atoms with Gasteiger partial charge in [-0.1, -0.05) is 0 Å². The maximum atomic E-state index is 13.4. The van der Waals surface area contributed by atoms with E-state index in [0.717, 1.165) is 0 Å². The highest BCUT2D eigenvalue weighted by molar-refractivity contribution is 9.10. The summed E-state index contributed by atoms with van der Waals surface area (Å²) < 4.78 is 18.7. The summed E-state index contributed by atoms with van der Waals surface area (Å²) in [6.45, 7) is 4.78. The maximum Gasteiger partial charge on any atom is 0.412 e. The lowest BCUT2D eigenvalue weighted by Gasteiger charge is -2.20. The van der Waals surface area contributed by atoms with Gasteiger partial charge in [0.15, 0.2) is 0 Å². The number of hydrogen-bond donors (Lipinski definition) is 2. The SMILES string of the molecule is CC(C)(C)OC(=O)Nc1cc(Br)c(F)c(CO)c1. The van der Waals surface area contributed by atoms with Crippen molar-refractivity contribution in [1.82, 2.24) is 0 Å². The first-order valence-corrected chi connectivity index (χ1v) is 6.11. The second-order valence-electron chi connectivity index (χ2n) is 4.72. The van der Waals surface area contributed by atoms with E-state index in [9.17, 15) is 9.18 Å². The number of ether oxygens (including phenoxy) is 1. The van der Waals surface area contributed by atoms with Crippen molar-refractivity contribution in [1.29, 1.82) is 0 Å². The van der Waals surface area contributed by atoms with E-state index in [-0.39, 0.29) is 10.0 Å². The molecule has 0 saturated heterocycles. The van der Waals surface area contributed by atoms with E-state index in [1.54, 1.807) is 20.8 Å². The molecular formula is C12H15BrFNO3. The van der Waals surface area contributed by atoms with Crippen LogP contribution in [0.25, 0.3) is 0 Å². The van der Waals surface area contributed by atoms with Crippen molar-refractivity contribution in [3.8, 4) is 0 Å². The Balaban J connectivity index is 2.86. The first-order chi connectivity index (χ1) is 8.23. The number of carbonyl (C=O) groups is 1. The fraction of sp³-hybridized carbons (Fsp3) is 0.417. The molecule has 0 unspecified atom stereocenters. The van der Waals surface area contributed by atoms with Crippen LogP contribution in [0.3, 0.4) is 0 Å². The number of benzene rings is 1. The van der Waals surface area contributed by atoms with Gasteiger partial charge in [-0.2, -0.15) is 0 Å². The number of rotatable bonds is 2. The van der Waals surface area contributed by atoms with E-state index < -0.39 is 24.1 Å². The van der Waals surface area contributed by atoms with Crippen molar-refractivity contribution in [3.05, 3.63) is 28.0 Å². The van der Waals surface area contributed by atoms with E-state index in [2.05, 4.69) is 21.2 Å². The van der Waals surface area contributed by atoms with Crippen molar-refractivity contribution in [3.63, 3.8) is 0 Å². The summed E-state index contributed by atoms with van der Waals surface area (Å²) >= 11 is 3.01. The summed E-state index contributed by atoms with van der Waals surface area (Å²) in [4.78, 5) is 11.5. The van der Waals surface area contributed by atoms with Crippen molar-refractivity contribution in [2.45, 2.75) is 33.0 Å². The normalized spacial score (nSPS) is 11.2. The highest BCUT2D eigenvalue weighted by Gasteiger charge is 2.17. The summed E-state index contributed by atoms with van der Waals surface area (Å²) in [6, 6.07) is 2.75. The molecule has 2 N–H and O–H groups in total. The summed E-state index contributed by atoms with van der Waals surface area (Å²) in [5, 5.41) is 11.5. The van der Waals surface area contributed by atoms with Crippen LogP contribution in [0, 0.1) is 5.82 Å². The number of aliphatic hydroxyl groups excluding tert-OH is 1. The zero-order chi connectivity index (χ0) is 13.9. The Morgan fingerprint density at radius 1 is 1.50 bits per heavy atom. The van der Waals surface area contributed by atoms with Gasteiger partial charge < -0.3 is 9.84 Å². The minimum Gasteiger partial charge on any atom is -0.444 e. The fourth-order valence-electron chi connectivity index (χ4n) is 1.25. The topological polar surface area (TPSA) is 58.6 Å². The lowest BCUT2D eigenvalue weighted by Crippen LogP contribution is -2.27. The van der Waals surface area contributed by atoms with Gasteiger partial charge in [0.2, 0.25) is 0 Å². The summed E-state index contributed by atoms with van der Waals surface area (Å²) in [5.41, 5.74) is -0.168. The van der Waals surface area contributed by atoms with E-state index in [1.807, 2.05) is 0 Å². The van der Waals surface area contributed by atoms with Crippen molar-refractivity contribution >= 4 is 27.7 Å². The third kappa shape index (κ3) is 4.27. The largest absolute Gasteiger partial charge is 0.444 e. The van der Waals surface area contributed by atoms with Crippen LogP contribution in [0.1, 0.15) is 26.3 Å². The van der Waals surface area contributed by atoms with Crippen LogP contribution in [-0.2, 0) is 11.3 Å². The third-order valence-electron chi connectivity index (χ3n) is 1.92. The Bertz CT molecular complexity index is 457. The molecule has 0 bridgehead atoms. The number of aliphatic hydroxyl groups is 1. The smallest absolute Gasteiger partial charge is 0.412 e. The molecule has 0 aromatic heterocycles. The lowest BCUT2D eigenvalue weighted by atomic mass is 10.2. The van der Waals surface area contributed by atoms with E-state index in [4.69, 9.17) is 9.84 Å². The molecule has 0 saturated carbocycles. The van der Waals surface area contributed by atoms with Gasteiger partial charge in [-0.25, -0.2) is 9.18 Å². The van der Waals surface area contributed by atoms with Crippen LogP contribution in [0.15, 0.2) is 16.6 Å². The summed E-state index contributed by atoms with van der Waals surface area (Å²) in [6.07, 6.45) is -0.634. The zero-order valence-corrected chi connectivity index (χ0v) is 12.0. The van der Waals surface area contributed by atoms with Gasteiger partial charge in [0.05, 0.1) is 11.1 Å². The molecule has 100 valence electrons. The molecule has 1 rings (SSSR count). The minimum atomic E-state index is -0.634. The molecule has 0 spiro atoms. The number of amides is 1. The number of hydrogen-bond acceptors (Lipinski definition) is 3. The maximum absolute atomic E-state index is 13.4. The molecule has 1 aromatic carbocycles. The van der Waals surface area contributed by atoms with E-state index >= 15 is 0 Å². The predicted octanol–water partition coefficient (Wildman–Crippen LogP) is 3.43. The highest BCUT2D eigenvalue weighted by atomic mass is 79.9. The Morgan fingerprint density at radius 3 is 2.61 bits per heavy atom. The van der Waals surface area contributed by atoms with Gasteiger partial charge in [0, 0.05) is 11.3 Å². The second kappa shape index (κ2) is 5.67. The Hall–Kier alpha value is -1.14. The molecule has 18 heavy (non-hydrogen) atoms. The van der Waals surface area contributed by atoms with Crippen LogP contribution in [0.5, 0.6) is 0 Å². The van der Waals surface area contributed by atoms with Gasteiger partial charge in [-0.3, -0.25) is 5.32 Å². The average molecular weight is 320 g/mol. The molecule has 0 radical (unpaired) electrons. The van der Waals surface area contributed by atoms with Crippen LogP contribution >= 0.6 is 15.9 Å². The molecule has 0 aliphatic heterocycles. The van der Waals surface area contributed by atoms with Gasteiger partial charge in [-0.05, 0) is 48.8 Å². The monoisotopic (exact) mass is 319 g/mol. The van der Waals surface area contributed by atoms with Gasteiger partial charge in [0.1, 0.15) is 11.4 Å². The van der Waals surface area contributed by atoms with E-state index in [0.29, 0.717) is 5.69 Å². The second-order valence-corrected chi connectivity index (χ2v) is 5.57. The zero-order valence-electron chi connectivity index (χ0n) is 10.4. The van der Waals surface area contributed by atoms with Crippen molar-refractivity contribution in [2.75, 3.05) is 5.32 Å². The number of anilines is 1. The number of nitrogens with one attached hydrogen (secondary N) is 1. The Labute approximate surface area is 113 Å². The molecule has 6 heteroatoms. The number of halogens is 2.